The summed E-state index contributed by atoms with van der Waals surface area (Å²) in [5.41, 5.74) is 0. The molecule has 2 heteroatoms. The second-order valence-corrected chi connectivity index (χ2v) is 8.77. The highest BCUT2D eigenvalue weighted by Gasteiger charge is 2.22. The van der Waals surface area contributed by atoms with Crippen LogP contribution in [0.1, 0.15) is 129 Å². The van der Waals surface area contributed by atoms with E-state index in [9.17, 15) is 0 Å². The average molecular weight is 379 g/mol. The molecule has 1 rings (SSSR count). The number of rotatable bonds is 19. The van der Waals surface area contributed by atoms with Gasteiger partial charge in [-0.3, -0.25) is 0 Å². The summed E-state index contributed by atoms with van der Waals surface area (Å²) in [5.74, 6) is 0. The van der Waals surface area contributed by atoms with Crippen LogP contribution < -0.4 is 0 Å². The van der Waals surface area contributed by atoms with E-state index in [1.165, 1.54) is 122 Å². The monoisotopic (exact) mass is 378 g/mol. The predicted molar refractivity (Wildman–Crippen MR) is 122 cm³/mol. The zero-order valence-corrected chi connectivity index (χ0v) is 19.1. The van der Waals surface area contributed by atoms with Gasteiger partial charge < -0.3 is 9.80 Å². The van der Waals surface area contributed by atoms with Gasteiger partial charge in [0.2, 0.25) is 0 Å². The molecule has 0 bridgehead atoms. The Bertz CT molecular complexity index is 339. The minimum absolute atomic E-state index is 0.624. The molecule has 0 aromatic rings. The van der Waals surface area contributed by atoms with Crippen molar-refractivity contribution in [2.24, 2.45) is 0 Å². The van der Waals surface area contributed by atoms with Crippen LogP contribution in [0.2, 0.25) is 0 Å². The molecule has 0 saturated carbocycles. The molecule has 1 atom stereocenters. The van der Waals surface area contributed by atoms with Gasteiger partial charge in [0.15, 0.2) is 0 Å². The second-order valence-electron chi connectivity index (χ2n) is 8.77. The molecule has 0 fully saturated rings. The molecular formula is C25H50N2. The third-order valence-electron chi connectivity index (χ3n) is 6.18. The lowest BCUT2D eigenvalue weighted by Crippen LogP contribution is -2.37. The number of unbranched alkanes of at least 4 members (excludes halogenated alkanes) is 15. The van der Waals surface area contributed by atoms with Crippen molar-refractivity contribution in [3.63, 3.8) is 0 Å². The lowest BCUT2D eigenvalue weighted by atomic mass is 10.1. The van der Waals surface area contributed by atoms with Crippen LogP contribution in [0.5, 0.6) is 0 Å². The molecule has 0 aromatic heterocycles. The van der Waals surface area contributed by atoms with E-state index in [0.29, 0.717) is 6.17 Å². The molecule has 27 heavy (non-hydrogen) atoms. The summed E-state index contributed by atoms with van der Waals surface area (Å²) < 4.78 is 0. The van der Waals surface area contributed by atoms with Gasteiger partial charge in [0.05, 0.1) is 0 Å². The Morgan fingerprint density at radius 2 is 1.00 bits per heavy atom. The Morgan fingerprint density at radius 3 is 1.52 bits per heavy atom. The van der Waals surface area contributed by atoms with Crippen LogP contribution in [-0.4, -0.2) is 29.6 Å². The van der Waals surface area contributed by atoms with E-state index >= 15 is 0 Å². The third kappa shape index (κ3) is 12.4. The SMILES string of the molecule is CCCCCCCCCCCCCCN1C=CN(C)C1CCCCCCC. The van der Waals surface area contributed by atoms with Crippen LogP contribution in [-0.2, 0) is 0 Å². The number of hydrogen-bond donors (Lipinski definition) is 0. The Kier molecular flexibility index (Phi) is 15.7. The van der Waals surface area contributed by atoms with Crippen molar-refractivity contribution in [1.82, 2.24) is 9.80 Å². The molecule has 0 saturated heterocycles. The lowest BCUT2D eigenvalue weighted by molar-refractivity contribution is 0.159. The van der Waals surface area contributed by atoms with Gasteiger partial charge in [0.25, 0.3) is 0 Å². The van der Waals surface area contributed by atoms with Gasteiger partial charge in [0, 0.05) is 26.0 Å². The van der Waals surface area contributed by atoms with Gasteiger partial charge in [-0.1, -0.05) is 110 Å². The fourth-order valence-electron chi connectivity index (χ4n) is 4.28. The molecule has 0 aliphatic carbocycles. The van der Waals surface area contributed by atoms with Crippen LogP contribution in [0.15, 0.2) is 12.4 Å². The van der Waals surface area contributed by atoms with Gasteiger partial charge in [-0.2, -0.15) is 0 Å². The van der Waals surface area contributed by atoms with E-state index in [0.717, 1.165) is 0 Å². The number of nitrogens with zero attached hydrogens (tertiary/aromatic N) is 2. The molecule has 2 nitrogen and oxygen atoms in total. The first-order valence-electron chi connectivity index (χ1n) is 12.5. The van der Waals surface area contributed by atoms with Crippen molar-refractivity contribution < 1.29 is 0 Å². The smallest absolute Gasteiger partial charge is 0.100 e. The third-order valence-corrected chi connectivity index (χ3v) is 6.18. The summed E-state index contributed by atoms with van der Waals surface area (Å²) in [7, 11) is 2.25. The van der Waals surface area contributed by atoms with Crippen LogP contribution in [0, 0.1) is 0 Å². The lowest BCUT2D eigenvalue weighted by Gasteiger charge is -2.30. The van der Waals surface area contributed by atoms with Crippen LogP contribution in [0.3, 0.4) is 0 Å². The van der Waals surface area contributed by atoms with E-state index in [2.05, 4.69) is 43.1 Å². The van der Waals surface area contributed by atoms with Crippen molar-refractivity contribution in [3.8, 4) is 0 Å². The minimum atomic E-state index is 0.624. The molecule has 160 valence electrons. The first-order chi connectivity index (χ1) is 13.3. The molecular weight excluding hydrogens is 328 g/mol. The maximum atomic E-state index is 2.59. The van der Waals surface area contributed by atoms with E-state index in [1.807, 2.05) is 0 Å². The highest BCUT2D eigenvalue weighted by Crippen LogP contribution is 2.21. The topological polar surface area (TPSA) is 6.48 Å². The van der Waals surface area contributed by atoms with Crippen LogP contribution in [0.25, 0.3) is 0 Å². The Hall–Kier alpha value is -0.660. The molecule has 0 spiro atoms. The molecule has 1 unspecified atom stereocenters. The molecule has 0 aromatic carbocycles. The summed E-state index contributed by atoms with van der Waals surface area (Å²) >= 11 is 0. The maximum Gasteiger partial charge on any atom is 0.100 e. The van der Waals surface area contributed by atoms with Crippen LogP contribution in [0.4, 0.5) is 0 Å². The summed E-state index contributed by atoms with van der Waals surface area (Å²) in [6.07, 6.45) is 30.7. The van der Waals surface area contributed by atoms with Gasteiger partial charge in [-0.15, -0.1) is 0 Å². The molecule has 0 N–H and O–H groups in total. The fourth-order valence-corrected chi connectivity index (χ4v) is 4.28. The van der Waals surface area contributed by atoms with E-state index in [-0.39, 0.29) is 0 Å². The van der Waals surface area contributed by atoms with Gasteiger partial charge in [-0.05, 0) is 19.3 Å². The molecule has 0 amide bonds. The number of hydrogen-bond acceptors (Lipinski definition) is 2. The minimum Gasteiger partial charge on any atom is -0.359 e. The first-order valence-corrected chi connectivity index (χ1v) is 12.5. The Balaban J connectivity index is 1.94. The summed E-state index contributed by atoms with van der Waals surface area (Å²) in [5, 5.41) is 0. The normalized spacial score (nSPS) is 16.6. The fraction of sp³-hybridized carbons (Fsp3) is 0.920. The molecule has 1 aliphatic heterocycles. The summed E-state index contributed by atoms with van der Waals surface area (Å²) in [4.78, 5) is 5.01. The quantitative estimate of drug-likeness (QED) is 0.209. The highest BCUT2D eigenvalue weighted by molar-refractivity contribution is 4.95. The average Bonchev–Trinajstić information content (AvgIpc) is 3.02. The van der Waals surface area contributed by atoms with Crippen molar-refractivity contribution in [2.45, 2.75) is 136 Å². The largest absolute Gasteiger partial charge is 0.359 e. The standard InChI is InChI=1S/C25H50N2/c1-4-6-8-10-11-12-13-14-15-16-18-20-22-27-24-23-26(3)25(27)21-19-17-9-7-5-2/h23-25H,4-22H2,1-3H3. The van der Waals surface area contributed by atoms with E-state index < -0.39 is 0 Å². The van der Waals surface area contributed by atoms with Gasteiger partial charge in [0.1, 0.15) is 6.17 Å². The predicted octanol–water partition coefficient (Wildman–Crippen LogP) is 8.09. The Morgan fingerprint density at radius 1 is 0.556 bits per heavy atom. The van der Waals surface area contributed by atoms with Crippen molar-refractivity contribution in [3.05, 3.63) is 12.4 Å². The van der Waals surface area contributed by atoms with E-state index in [1.54, 1.807) is 0 Å². The Labute approximate surface area is 171 Å². The van der Waals surface area contributed by atoms with Crippen molar-refractivity contribution in [2.75, 3.05) is 13.6 Å². The van der Waals surface area contributed by atoms with E-state index in [4.69, 9.17) is 0 Å². The molecule has 0 radical (unpaired) electrons. The summed E-state index contributed by atoms with van der Waals surface area (Å²) in [6, 6.07) is 0. The van der Waals surface area contributed by atoms with Gasteiger partial charge in [-0.25, -0.2) is 0 Å². The molecule has 1 heterocycles. The highest BCUT2D eigenvalue weighted by atomic mass is 15.4. The zero-order chi connectivity index (χ0) is 19.6. The summed E-state index contributed by atoms with van der Waals surface area (Å²) in [6.45, 7) is 5.84. The molecule has 1 aliphatic rings. The van der Waals surface area contributed by atoms with Crippen molar-refractivity contribution in [1.29, 1.82) is 0 Å². The van der Waals surface area contributed by atoms with Crippen LogP contribution >= 0.6 is 0 Å². The maximum absolute atomic E-state index is 2.59. The second kappa shape index (κ2) is 17.4. The zero-order valence-electron chi connectivity index (χ0n) is 19.1. The van der Waals surface area contributed by atoms with Gasteiger partial charge >= 0.3 is 0 Å². The van der Waals surface area contributed by atoms with Crippen molar-refractivity contribution >= 4 is 0 Å². The first kappa shape index (κ1) is 24.4.